The van der Waals surface area contributed by atoms with Gasteiger partial charge in [-0.05, 0) is 57.8 Å². The van der Waals surface area contributed by atoms with Gasteiger partial charge >= 0.3 is 17.9 Å². The molecule has 1 N–H and O–H groups in total. The summed E-state index contributed by atoms with van der Waals surface area (Å²) >= 11 is 0. The number of rotatable bonds is 36. The van der Waals surface area contributed by atoms with Crippen LogP contribution in [0, 0.1) is 0 Å². The molecule has 0 fully saturated rings. The van der Waals surface area contributed by atoms with Crippen LogP contribution in [0.25, 0.3) is 0 Å². The minimum Gasteiger partial charge on any atom is -0.477 e. The number of carbonyl (C=O) groups is 3. The van der Waals surface area contributed by atoms with E-state index in [1.807, 2.05) is 21.1 Å². The molecule has 0 aliphatic carbocycles. The van der Waals surface area contributed by atoms with Crippen LogP contribution < -0.4 is 0 Å². The molecule has 0 saturated carbocycles. The van der Waals surface area contributed by atoms with Gasteiger partial charge in [-0.25, -0.2) is 4.79 Å². The third-order valence-corrected chi connectivity index (χ3v) is 9.07. The Hall–Kier alpha value is -2.19. The molecule has 0 aromatic rings. The molecule has 0 bridgehead atoms. The summed E-state index contributed by atoms with van der Waals surface area (Å²) in [4.78, 5) is 36.8. The highest BCUT2D eigenvalue weighted by atomic mass is 16.6. The first-order valence-corrected chi connectivity index (χ1v) is 20.4. The van der Waals surface area contributed by atoms with E-state index in [-0.39, 0.29) is 36.2 Å². The van der Waals surface area contributed by atoms with E-state index < -0.39 is 18.1 Å². The first kappa shape index (κ1) is 47.8. The van der Waals surface area contributed by atoms with Gasteiger partial charge in [0.15, 0.2) is 12.1 Å². The number of unbranched alkanes of at least 4 members (excludes halogenated alkanes) is 18. The van der Waals surface area contributed by atoms with Crippen molar-refractivity contribution in [3.63, 3.8) is 0 Å². The van der Waals surface area contributed by atoms with Crippen molar-refractivity contribution in [1.29, 1.82) is 0 Å². The van der Waals surface area contributed by atoms with E-state index in [0.717, 1.165) is 70.6 Å². The Morgan fingerprint density at radius 3 is 1.50 bits per heavy atom. The third kappa shape index (κ3) is 31.8. The van der Waals surface area contributed by atoms with Crippen LogP contribution in [0.5, 0.6) is 0 Å². The molecule has 0 aromatic heterocycles. The zero-order valence-corrected chi connectivity index (χ0v) is 33.1. The number of esters is 2. The first-order valence-electron chi connectivity index (χ1n) is 20.4. The fraction of sp³-hybridized carbons (Fsp3) is 0.833. The van der Waals surface area contributed by atoms with Gasteiger partial charge < -0.3 is 23.8 Å². The number of carboxylic acids is 1. The van der Waals surface area contributed by atoms with Crippen molar-refractivity contribution in [2.75, 3.05) is 41.0 Å². The van der Waals surface area contributed by atoms with Crippen molar-refractivity contribution < 1.29 is 38.2 Å². The fourth-order valence-electron chi connectivity index (χ4n) is 5.83. The molecule has 0 amide bonds. The molecule has 0 heterocycles. The van der Waals surface area contributed by atoms with E-state index in [2.05, 4.69) is 38.2 Å². The molecule has 292 valence electrons. The van der Waals surface area contributed by atoms with Crippen molar-refractivity contribution in [3.05, 3.63) is 24.3 Å². The van der Waals surface area contributed by atoms with Crippen LogP contribution in [-0.2, 0) is 28.6 Å². The summed E-state index contributed by atoms with van der Waals surface area (Å²) in [6, 6.07) is -0.614. The van der Waals surface area contributed by atoms with Crippen LogP contribution in [0.1, 0.15) is 174 Å². The van der Waals surface area contributed by atoms with Crippen LogP contribution in [-0.4, -0.2) is 80.6 Å². The van der Waals surface area contributed by atoms with Gasteiger partial charge in [-0.2, -0.15) is 0 Å². The molecule has 8 nitrogen and oxygen atoms in total. The Bertz CT molecular complexity index is 880. The number of aliphatic carboxylic acids is 1. The maximum Gasteiger partial charge on any atom is 0.362 e. The maximum absolute atomic E-state index is 12.7. The Labute approximate surface area is 307 Å². The smallest absolute Gasteiger partial charge is 0.362 e. The number of carbonyl (C=O) groups excluding carboxylic acids is 2. The highest BCUT2D eigenvalue weighted by Gasteiger charge is 2.31. The average molecular weight is 709 g/mol. The third-order valence-electron chi connectivity index (χ3n) is 9.07. The minimum atomic E-state index is -0.878. The largest absolute Gasteiger partial charge is 0.477 e. The number of nitrogens with zero attached hydrogens (tertiary/aromatic N) is 1. The lowest BCUT2D eigenvalue weighted by Crippen LogP contribution is -2.50. The lowest BCUT2D eigenvalue weighted by Gasteiger charge is -2.31. The monoisotopic (exact) mass is 709 g/mol. The molecule has 0 radical (unpaired) electrons. The fourth-order valence-corrected chi connectivity index (χ4v) is 5.83. The molecule has 0 rings (SSSR count). The number of allylic oxidation sites excluding steroid dienone is 4. The molecular formula is C42H78NO7+. The lowest BCUT2D eigenvalue weighted by molar-refractivity contribution is -0.887. The predicted octanol–water partition coefficient (Wildman–Crippen LogP) is 10.5. The van der Waals surface area contributed by atoms with Gasteiger partial charge in [0.1, 0.15) is 6.61 Å². The Kier molecular flexibility index (Phi) is 32.4. The minimum absolute atomic E-state index is 0.0563. The second-order valence-corrected chi connectivity index (χ2v) is 14.9. The summed E-state index contributed by atoms with van der Waals surface area (Å²) in [7, 11) is 5.51. The van der Waals surface area contributed by atoms with E-state index >= 15 is 0 Å². The number of quaternary nitrogens is 1. The summed E-state index contributed by atoms with van der Waals surface area (Å²) in [5.41, 5.74) is 0. The van der Waals surface area contributed by atoms with E-state index in [4.69, 9.17) is 14.2 Å². The van der Waals surface area contributed by atoms with Gasteiger partial charge in [0.25, 0.3) is 0 Å². The highest BCUT2D eigenvalue weighted by molar-refractivity contribution is 5.72. The van der Waals surface area contributed by atoms with Gasteiger partial charge in [-0.15, -0.1) is 0 Å². The average Bonchev–Trinajstić information content (AvgIpc) is 3.06. The number of carboxylic acid groups (broad SMARTS) is 1. The highest BCUT2D eigenvalue weighted by Crippen LogP contribution is 2.13. The molecular weight excluding hydrogens is 630 g/mol. The van der Waals surface area contributed by atoms with E-state index in [9.17, 15) is 19.5 Å². The second-order valence-electron chi connectivity index (χ2n) is 14.9. The van der Waals surface area contributed by atoms with E-state index in [1.165, 1.54) is 70.6 Å². The summed E-state index contributed by atoms with van der Waals surface area (Å²) < 4.78 is 17.2. The molecule has 0 aliphatic rings. The molecule has 2 unspecified atom stereocenters. The molecule has 8 heteroatoms. The molecule has 0 aromatic carbocycles. The topological polar surface area (TPSA) is 99.1 Å². The number of likely N-dealkylation sites (N-methyl/N-ethyl adjacent to an activating group) is 1. The first-order chi connectivity index (χ1) is 24.1. The van der Waals surface area contributed by atoms with Crippen LogP contribution in [0.2, 0.25) is 0 Å². The lowest BCUT2D eigenvalue weighted by atomic mass is 10.1. The summed E-state index contributed by atoms with van der Waals surface area (Å²) in [6.45, 7) is 4.66. The van der Waals surface area contributed by atoms with Gasteiger partial charge in [0.05, 0.1) is 34.4 Å². The standard InChI is InChI=1S/C42H77NO7/c1-6-8-10-12-14-16-18-19-20-21-22-23-25-27-29-31-33-41(45)50-38(36-48-35-34-39(42(46)47)43(3,4)5)37-49-40(44)32-30-28-26-24-17-15-13-11-9-7-2/h13,15,20-21,38-39H,6-12,14,16-19,22-37H2,1-5H3/p+1/b15-13+,21-20+. The van der Waals surface area contributed by atoms with Gasteiger partial charge in [-0.1, -0.05) is 122 Å². The quantitative estimate of drug-likeness (QED) is 0.0299. The van der Waals surface area contributed by atoms with Crippen LogP contribution in [0.3, 0.4) is 0 Å². The van der Waals surface area contributed by atoms with Gasteiger partial charge in [-0.3, -0.25) is 9.59 Å². The summed E-state index contributed by atoms with van der Waals surface area (Å²) in [6.07, 6.45) is 35.0. The van der Waals surface area contributed by atoms with Gasteiger partial charge in [0, 0.05) is 19.3 Å². The van der Waals surface area contributed by atoms with E-state index in [0.29, 0.717) is 19.3 Å². The Balaban J connectivity index is 4.39. The van der Waals surface area contributed by atoms with Crippen LogP contribution in [0.4, 0.5) is 0 Å². The van der Waals surface area contributed by atoms with Crippen molar-refractivity contribution in [1.82, 2.24) is 0 Å². The molecule has 0 saturated heterocycles. The van der Waals surface area contributed by atoms with Gasteiger partial charge in [0.2, 0.25) is 0 Å². The molecule has 2 atom stereocenters. The van der Waals surface area contributed by atoms with Crippen molar-refractivity contribution in [3.8, 4) is 0 Å². The Morgan fingerprint density at radius 2 is 1.02 bits per heavy atom. The Morgan fingerprint density at radius 1 is 0.580 bits per heavy atom. The summed E-state index contributed by atoms with van der Waals surface area (Å²) in [5, 5.41) is 9.59. The zero-order valence-electron chi connectivity index (χ0n) is 33.1. The normalized spacial score (nSPS) is 13.2. The maximum atomic E-state index is 12.7. The number of hydrogen-bond donors (Lipinski definition) is 1. The second kappa shape index (κ2) is 33.9. The number of hydrogen-bond acceptors (Lipinski definition) is 6. The van der Waals surface area contributed by atoms with Crippen molar-refractivity contribution >= 4 is 17.9 Å². The van der Waals surface area contributed by atoms with Crippen molar-refractivity contribution in [2.24, 2.45) is 0 Å². The number of ether oxygens (including phenoxy) is 3. The van der Waals surface area contributed by atoms with Crippen LogP contribution in [0.15, 0.2) is 24.3 Å². The van der Waals surface area contributed by atoms with Crippen LogP contribution >= 0.6 is 0 Å². The van der Waals surface area contributed by atoms with Crippen molar-refractivity contribution in [2.45, 2.75) is 187 Å². The molecule has 0 spiro atoms. The molecule has 50 heavy (non-hydrogen) atoms. The van der Waals surface area contributed by atoms with E-state index in [1.54, 1.807) is 0 Å². The molecule has 0 aliphatic heterocycles. The SMILES string of the molecule is CCCC/C=C/CCCCCCC(=O)OCC(COCCC(C(=O)O)[N+](C)(C)C)OC(=O)CCCCCCC/C=C/CCCCCCCCC. The summed E-state index contributed by atoms with van der Waals surface area (Å²) in [5.74, 6) is -1.49. The zero-order chi connectivity index (χ0) is 37.1. The predicted molar refractivity (Wildman–Crippen MR) is 206 cm³/mol.